The summed E-state index contributed by atoms with van der Waals surface area (Å²) >= 11 is 0. The summed E-state index contributed by atoms with van der Waals surface area (Å²) in [7, 11) is 0. The summed E-state index contributed by atoms with van der Waals surface area (Å²) < 4.78 is 25.8. The van der Waals surface area contributed by atoms with E-state index in [-0.39, 0.29) is 18.0 Å². The van der Waals surface area contributed by atoms with Crippen LogP contribution in [-0.4, -0.2) is 18.0 Å². The van der Waals surface area contributed by atoms with Gasteiger partial charge in [-0.2, -0.15) is 0 Å². The van der Waals surface area contributed by atoms with Crippen LogP contribution in [0.3, 0.4) is 0 Å². The van der Waals surface area contributed by atoms with Gasteiger partial charge >= 0.3 is 0 Å². The Morgan fingerprint density at radius 3 is 2.65 bits per heavy atom. The van der Waals surface area contributed by atoms with Crippen molar-refractivity contribution in [3.8, 4) is 0 Å². The third-order valence-corrected chi connectivity index (χ3v) is 3.69. The van der Waals surface area contributed by atoms with Crippen molar-refractivity contribution < 1.29 is 13.6 Å². The van der Waals surface area contributed by atoms with E-state index in [1.54, 1.807) is 6.92 Å². The molecule has 0 saturated heterocycles. The lowest BCUT2D eigenvalue weighted by Gasteiger charge is -2.17. The second-order valence-electron chi connectivity index (χ2n) is 5.34. The predicted octanol–water partition coefficient (Wildman–Crippen LogP) is 2.50. The number of rotatable bonds is 5. The molecule has 3 nitrogen and oxygen atoms in total. The molecule has 0 heterocycles. The molecule has 110 valence electrons. The Morgan fingerprint density at radius 2 is 2.00 bits per heavy atom. The van der Waals surface area contributed by atoms with Gasteiger partial charge in [-0.3, -0.25) is 4.79 Å². The van der Waals surface area contributed by atoms with Gasteiger partial charge in [-0.1, -0.05) is 18.9 Å². The molecule has 1 aromatic rings. The summed E-state index contributed by atoms with van der Waals surface area (Å²) in [5.41, 5.74) is 0.615. The molecule has 2 rings (SSSR count). The molecule has 1 aliphatic rings. The van der Waals surface area contributed by atoms with Gasteiger partial charge < -0.3 is 10.6 Å². The monoisotopic (exact) mass is 282 g/mol. The summed E-state index contributed by atoms with van der Waals surface area (Å²) in [5.74, 6) is -1.77. The van der Waals surface area contributed by atoms with E-state index in [1.807, 2.05) is 0 Å². The normalized spacial score (nSPS) is 17.1. The molecular weight excluding hydrogens is 262 g/mol. The van der Waals surface area contributed by atoms with Gasteiger partial charge in [0.1, 0.15) is 0 Å². The zero-order chi connectivity index (χ0) is 14.5. The van der Waals surface area contributed by atoms with E-state index in [0.29, 0.717) is 12.1 Å². The van der Waals surface area contributed by atoms with Gasteiger partial charge in [-0.15, -0.1) is 0 Å². The minimum Gasteiger partial charge on any atom is -0.352 e. The lowest BCUT2D eigenvalue weighted by atomic mass is 10.2. The van der Waals surface area contributed by atoms with Gasteiger partial charge in [-0.05, 0) is 37.5 Å². The fourth-order valence-corrected chi connectivity index (χ4v) is 2.41. The molecule has 2 N–H and O–H groups in total. The zero-order valence-corrected chi connectivity index (χ0v) is 11.6. The lowest BCUT2D eigenvalue weighted by molar-refractivity contribution is -0.123. The van der Waals surface area contributed by atoms with Crippen molar-refractivity contribution in [1.82, 2.24) is 10.6 Å². The Kier molecular flexibility index (Phi) is 5.06. The van der Waals surface area contributed by atoms with E-state index >= 15 is 0 Å². The van der Waals surface area contributed by atoms with Crippen LogP contribution in [-0.2, 0) is 11.3 Å². The predicted molar refractivity (Wildman–Crippen MR) is 73.1 cm³/mol. The zero-order valence-electron chi connectivity index (χ0n) is 11.6. The molecule has 5 heteroatoms. The lowest BCUT2D eigenvalue weighted by Crippen LogP contribution is -2.45. The first-order valence-corrected chi connectivity index (χ1v) is 7.04. The molecule has 0 aromatic heterocycles. The van der Waals surface area contributed by atoms with Crippen molar-refractivity contribution in [2.45, 2.75) is 51.2 Å². The van der Waals surface area contributed by atoms with Crippen molar-refractivity contribution in [1.29, 1.82) is 0 Å². The van der Waals surface area contributed by atoms with Crippen molar-refractivity contribution in [3.63, 3.8) is 0 Å². The number of hydrogen-bond donors (Lipinski definition) is 2. The molecule has 1 aliphatic carbocycles. The van der Waals surface area contributed by atoms with Crippen LogP contribution in [0, 0.1) is 11.6 Å². The Balaban J connectivity index is 1.79. The Labute approximate surface area is 117 Å². The molecule has 0 spiro atoms. The van der Waals surface area contributed by atoms with E-state index in [1.165, 1.54) is 18.9 Å². The number of benzene rings is 1. The first-order chi connectivity index (χ1) is 9.56. The number of amides is 1. The number of hydrogen-bond acceptors (Lipinski definition) is 2. The molecule has 1 atom stereocenters. The summed E-state index contributed by atoms with van der Waals surface area (Å²) in [5, 5.41) is 6.02. The highest BCUT2D eigenvalue weighted by Gasteiger charge is 2.20. The third-order valence-electron chi connectivity index (χ3n) is 3.69. The summed E-state index contributed by atoms with van der Waals surface area (Å²) in [4.78, 5) is 11.9. The van der Waals surface area contributed by atoms with E-state index in [9.17, 15) is 13.6 Å². The van der Waals surface area contributed by atoms with Crippen molar-refractivity contribution in [3.05, 3.63) is 35.4 Å². The average molecular weight is 282 g/mol. The highest BCUT2D eigenvalue weighted by Crippen LogP contribution is 2.17. The van der Waals surface area contributed by atoms with Gasteiger partial charge in [0.25, 0.3) is 0 Å². The first kappa shape index (κ1) is 14.9. The maximum Gasteiger partial charge on any atom is 0.237 e. The molecule has 0 aliphatic heterocycles. The topological polar surface area (TPSA) is 41.1 Å². The van der Waals surface area contributed by atoms with Crippen LogP contribution in [0.25, 0.3) is 0 Å². The maximum absolute atomic E-state index is 13.1. The smallest absolute Gasteiger partial charge is 0.237 e. The number of nitrogens with one attached hydrogen (secondary N) is 2. The molecule has 0 bridgehead atoms. The summed E-state index contributed by atoms with van der Waals surface area (Å²) in [6.45, 7) is 2.10. The van der Waals surface area contributed by atoms with E-state index < -0.39 is 11.6 Å². The van der Waals surface area contributed by atoms with Crippen LogP contribution in [0.4, 0.5) is 8.78 Å². The van der Waals surface area contributed by atoms with E-state index in [4.69, 9.17) is 0 Å². The first-order valence-electron chi connectivity index (χ1n) is 7.04. The van der Waals surface area contributed by atoms with Gasteiger partial charge in [0.2, 0.25) is 5.91 Å². The second-order valence-corrected chi connectivity index (χ2v) is 5.34. The number of carbonyl (C=O) groups is 1. The number of carbonyl (C=O) groups excluding carboxylic acids is 1. The third kappa shape index (κ3) is 4.00. The van der Waals surface area contributed by atoms with Gasteiger partial charge in [-0.25, -0.2) is 8.78 Å². The highest BCUT2D eigenvalue weighted by atomic mass is 19.2. The van der Waals surface area contributed by atoms with Crippen LogP contribution in [0.5, 0.6) is 0 Å². The molecule has 1 saturated carbocycles. The van der Waals surface area contributed by atoms with Crippen molar-refractivity contribution >= 4 is 5.91 Å². The summed E-state index contributed by atoms with van der Waals surface area (Å²) in [6, 6.07) is 3.67. The fourth-order valence-electron chi connectivity index (χ4n) is 2.41. The van der Waals surface area contributed by atoms with Crippen LogP contribution in [0.1, 0.15) is 38.2 Å². The Hall–Kier alpha value is -1.49. The SMILES string of the molecule is CC(NCc1ccc(F)c(F)c1)C(=O)NC1CCCC1. The fraction of sp³-hybridized carbons (Fsp3) is 0.533. The second kappa shape index (κ2) is 6.79. The van der Waals surface area contributed by atoms with Crippen LogP contribution >= 0.6 is 0 Å². The van der Waals surface area contributed by atoms with Gasteiger partial charge in [0.05, 0.1) is 6.04 Å². The minimum atomic E-state index is -0.868. The van der Waals surface area contributed by atoms with Crippen molar-refractivity contribution in [2.24, 2.45) is 0 Å². The van der Waals surface area contributed by atoms with Crippen LogP contribution in [0.2, 0.25) is 0 Å². The van der Waals surface area contributed by atoms with E-state index in [0.717, 1.165) is 25.0 Å². The van der Waals surface area contributed by atoms with Crippen LogP contribution < -0.4 is 10.6 Å². The molecule has 0 radical (unpaired) electrons. The van der Waals surface area contributed by atoms with Crippen LogP contribution in [0.15, 0.2) is 18.2 Å². The maximum atomic E-state index is 13.1. The molecule has 20 heavy (non-hydrogen) atoms. The van der Waals surface area contributed by atoms with Crippen molar-refractivity contribution in [2.75, 3.05) is 0 Å². The van der Waals surface area contributed by atoms with Gasteiger partial charge in [0.15, 0.2) is 11.6 Å². The Bertz CT molecular complexity index is 473. The molecule has 1 fully saturated rings. The standard InChI is InChI=1S/C15H20F2N2O/c1-10(15(20)19-12-4-2-3-5-12)18-9-11-6-7-13(16)14(17)8-11/h6-8,10,12,18H,2-5,9H2,1H3,(H,19,20). The molecule has 1 unspecified atom stereocenters. The summed E-state index contributed by atoms with van der Waals surface area (Å²) in [6.07, 6.45) is 4.42. The largest absolute Gasteiger partial charge is 0.352 e. The van der Waals surface area contributed by atoms with Gasteiger partial charge in [0, 0.05) is 12.6 Å². The Morgan fingerprint density at radius 1 is 1.30 bits per heavy atom. The number of halogens is 2. The molecule has 1 amide bonds. The molecule has 1 aromatic carbocycles. The quantitative estimate of drug-likeness (QED) is 0.871. The molecular formula is C15H20F2N2O. The average Bonchev–Trinajstić information content (AvgIpc) is 2.92. The van der Waals surface area contributed by atoms with E-state index in [2.05, 4.69) is 10.6 Å². The highest BCUT2D eigenvalue weighted by molar-refractivity contribution is 5.81. The minimum absolute atomic E-state index is 0.0421.